The molecule has 0 aromatic rings. The number of hydrogen-bond acceptors (Lipinski definition) is 4. The van der Waals surface area contributed by atoms with Crippen LogP contribution in [0.5, 0.6) is 0 Å². The number of nitrogens with zero attached hydrogens (tertiary/aromatic N) is 1. The van der Waals surface area contributed by atoms with Crippen molar-refractivity contribution >= 4 is 0 Å². The quantitative estimate of drug-likeness (QED) is 0.775. The molecule has 2 rings (SSSR count). The molecule has 1 N–H and O–H groups in total. The molecular formula is C14H28N2O2. The summed E-state index contributed by atoms with van der Waals surface area (Å²) in [6, 6.07) is 0. The number of ether oxygens (including phenoxy) is 2. The Kier molecular flexibility index (Phi) is 5.01. The van der Waals surface area contributed by atoms with Crippen LogP contribution in [0.4, 0.5) is 0 Å². The molecule has 3 atom stereocenters. The third-order valence-corrected chi connectivity index (χ3v) is 4.48. The summed E-state index contributed by atoms with van der Waals surface area (Å²) in [5.41, 5.74) is 0.343. The van der Waals surface area contributed by atoms with Crippen LogP contribution in [-0.4, -0.2) is 63.0 Å². The molecule has 2 fully saturated rings. The van der Waals surface area contributed by atoms with Crippen molar-refractivity contribution < 1.29 is 9.47 Å². The molecule has 0 amide bonds. The molecule has 18 heavy (non-hydrogen) atoms. The zero-order valence-corrected chi connectivity index (χ0v) is 12.1. The SMILES string of the molecule is CCCC1(CN2CC(OC)C(OC)C2)CCCN1. The van der Waals surface area contributed by atoms with Crippen LogP contribution in [0, 0.1) is 0 Å². The molecule has 2 aliphatic heterocycles. The minimum atomic E-state index is 0.232. The summed E-state index contributed by atoms with van der Waals surface area (Å²) in [6.07, 6.45) is 5.62. The number of rotatable bonds is 6. The van der Waals surface area contributed by atoms with E-state index in [1.807, 2.05) is 0 Å². The van der Waals surface area contributed by atoms with Gasteiger partial charge >= 0.3 is 0 Å². The first-order chi connectivity index (χ1) is 8.73. The highest BCUT2D eigenvalue weighted by Gasteiger charge is 2.39. The van der Waals surface area contributed by atoms with Crippen LogP contribution in [-0.2, 0) is 9.47 Å². The first-order valence-corrected chi connectivity index (χ1v) is 7.26. The van der Waals surface area contributed by atoms with Crippen molar-refractivity contribution in [1.82, 2.24) is 10.2 Å². The fourth-order valence-corrected chi connectivity index (χ4v) is 3.60. The van der Waals surface area contributed by atoms with E-state index in [0.717, 1.165) is 19.6 Å². The maximum absolute atomic E-state index is 5.52. The molecule has 3 unspecified atom stereocenters. The molecule has 2 aliphatic rings. The normalized spacial score (nSPS) is 37.5. The smallest absolute Gasteiger partial charge is 0.0971 e. The highest BCUT2D eigenvalue weighted by Crippen LogP contribution is 2.28. The predicted molar refractivity (Wildman–Crippen MR) is 72.9 cm³/mol. The van der Waals surface area contributed by atoms with Crippen molar-refractivity contribution in [3.8, 4) is 0 Å². The fourth-order valence-electron chi connectivity index (χ4n) is 3.60. The Hall–Kier alpha value is -0.160. The van der Waals surface area contributed by atoms with Crippen LogP contribution in [0.15, 0.2) is 0 Å². The van der Waals surface area contributed by atoms with Crippen molar-refractivity contribution in [3.05, 3.63) is 0 Å². The Morgan fingerprint density at radius 2 is 1.89 bits per heavy atom. The second-order valence-electron chi connectivity index (χ2n) is 5.80. The maximum Gasteiger partial charge on any atom is 0.0971 e. The summed E-state index contributed by atoms with van der Waals surface area (Å²) in [5, 5.41) is 3.74. The van der Waals surface area contributed by atoms with Gasteiger partial charge < -0.3 is 14.8 Å². The Balaban J connectivity index is 1.92. The zero-order chi connectivity index (χ0) is 13.0. The average molecular weight is 256 g/mol. The van der Waals surface area contributed by atoms with Gasteiger partial charge in [-0.15, -0.1) is 0 Å². The molecule has 0 spiro atoms. The Morgan fingerprint density at radius 3 is 2.33 bits per heavy atom. The van der Waals surface area contributed by atoms with E-state index in [2.05, 4.69) is 17.1 Å². The van der Waals surface area contributed by atoms with Crippen molar-refractivity contribution in [1.29, 1.82) is 0 Å². The van der Waals surface area contributed by atoms with E-state index in [1.165, 1.54) is 32.2 Å². The van der Waals surface area contributed by atoms with Crippen LogP contribution in [0.2, 0.25) is 0 Å². The first kappa shape index (κ1) is 14.3. The van der Waals surface area contributed by atoms with Crippen molar-refractivity contribution in [3.63, 3.8) is 0 Å². The third-order valence-electron chi connectivity index (χ3n) is 4.48. The van der Waals surface area contributed by atoms with Gasteiger partial charge in [0, 0.05) is 39.4 Å². The zero-order valence-electron chi connectivity index (χ0n) is 12.1. The van der Waals surface area contributed by atoms with E-state index in [-0.39, 0.29) is 12.2 Å². The van der Waals surface area contributed by atoms with Crippen molar-refractivity contribution in [2.45, 2.75) is 50.4 Å². The van der Waals surface area contributed by atoms with Crippen molar-refractivity contribution in [2.24, 2.45) is 0 Å². The summed E-state index contributed by atoms with van der Waals surface area (Å²) >= 11 is 0. The number of hydrogen-bond donors (Lipinski definition) is 1. The summed E-state index contributed by atoms with van der Waals surface area (Å²) in [4.78, 5) is 2.51. The summed E-state index contributed by atoms with van der Waals surface area (Å²) in [7, 11) is 3.58. The van der Waals surface area contributed by atoms with Gasteiger partial charge in [-0.1, -0.05) is 13.3 Å². The lowest BCUT2D eigenvalue weighted by atomic mass is 9.91. The van der Waals surface area contributed by atoms with E-state index in [1.54, 1.807) is 14.2 Å². The Bertz CT molecular complexity index is 242. The van der Waals surface area contributed by atoms with Gasteiger partial charge in [0.25, 0.3) is 0 Å². The predicted octanol–water partition coefficient (Wildman–Crippen LogP) is 1.25. The van der Waals surface area contributed by atoms with E-state index in [9.17, 15) is 0 Å². The van der Waals surface area contributed by atoms with E-state index in [4.69, 9.17) is 9.47 Å². The summed E-state index contributed by atoms with van der Waals surface area (Å²) in [5.74, 6) is 0. The van der Waals surface area contributed by atoms with Crippen molar-refractivity contribution in [2.75, 3.05) is 40.4 Å². The number of methoxy groups -OCH3 is 2. The molecule has 4 nitrogen and oxygen atoms in total. The lowest BCUT2D eigenvalue weighted by Crippen LogP contribution is -2.49. The molecule has 4 heteroatoms. The molecule has 2 saturated heterocycles. The Labute approximate surface area is 111 Å². The van der Waals surface area contributed by atoms with Crippen LogP contribution in [0.3, 0.4) is 0 Å². The number of nitrogens with one attached hydrogen (secondary N) is 1. The molecule has 0 aromatic heterocycles. The van der Waals surface area contributed by atoms with Crippen LogP contribution < -0.4 is 5.32 Å². The average Bonchev–Trinajstić information content (AvgIpc) is 2.97. The topological polar surface area (TPSA) is 33.7 Å². The van der Waals surface area contributed by atoms with Crippen LogP contribution in [0.25, 0.3) is 0 Å². The van der Waals surface area contributed by atoms with Gasteiger partial charge in [-0.3, -0.25) is 4.90 Å². The molecule has 0 radical (unpaired) electrons. The van der Waals surface area contributed by atoms with Gasteiger partial charge in [0.2, 0.25) is 0 Å². The molecule has 2 heterocycles. The fraction of sp³-hybridized carbons (Fsp3) is 1.00. The molecule has 0 aliphatic carbocycles. The van der Waals surface area contributed by atoms with Gasteiger partial charge in [0.1, 0.15) is 0 Å². The molecule has 0 aromatic carbocycles. The minimum Gasteiger partial charge on any atom is -0.377 e. The van der Waals surface area contributed by atoms with Crippen LogP contribution in [0.1, 0.15) is 32.6 Å². The largest absolute Gasteiger partial charge is 0.377 e. The lowest BCUT2D eigenvalue weighted by molar-refractivity contribution is -0.00461. The molecule has 106 valence electrons. The molecule has 0 saturated carbocycles. The minimum absolute atomic E-state index is 0.232. The highest BCUT2D eigenvalue weighted by molar-refractivity contribution is 4.98. The first-order valence-electron chi connectivity index (χ1n) is 7.26. The molecule has 0 bridgehead atoms. The summed E-state index contributed by atoms with van der Waals surface area (Å²) in [6.45, 7) is 6.60. The Morgan fingerprint density at radius 1 is 1.22 bits per heavy atom. The van der Waals surface area contributed by atoms with E-state index >= 15 is 0 Å². The summed E-state index contributed by atoms with van der Waals surface area (Å²) < 4.78 is 11.0. The molecular weight excluding hydrogens is 228 g/mol. The van der Waals surface area contributed by atoms with Gasteiger partial charge in [-0.2, -0.15) is 0 Å². The monoisotopic (exact) mass is 256 g/mol. The lowest BCUT2D eigenvalue weighted by Gasteiger charge is -2.33. The maximum atomic E-state index is 5.52. The highest BCUT2D eigenvalue weighted by atomic mass is 16.5. The second kappa shape index (κ2) is 6.33. The van der Waals surface area contributed by atoms with Gasteiger partial charge in [-0.25, -0.2) is 0 Å². The second-order valence-corrected chi connectivity index (χ2v) is 5.80. The standard InChI is InChI=1S/C14H28N2O2/c1-4-6-14(7-5-8-15-14)11-16-9-12(17-2)13(10-16)18-3/h12-13,15H,4-11H2,1-3H3. The van der Waals surface area contributed by atoms with Gasteiger partial charge in [0.15, 0.2) is 0 Å². The van der Waals surface area contributed by atoms with Crippen LogP contribution >= 0.6 is 0 Å². The third kappa shape index (κ3) is 3.05. The number of likely N-dealkylation sites (tertiary alicyclic amines) is 1. The van der Waals surface area contributed by atoms with Gasteiger partial charge in [0.05, 0.1) is 12.2 Å². The van der Waals surface area contributed by atoms with E-state index in [0.29, 0.717) is 5.54 Å². The van der Waals surface area contributed by atoms with Gasteiger partial charge in [-0.05, 0) is 25.8 Å². The van der Waals surface area contributed by atoms with E-state index < -0.39 is 0 Å².